The number of rotatable bonds is 1. The summed E-state index contributed by atoms with van der Waals surface area (Å²) < 4.78 is 6.51. The maximum absolute atomic E-state index is 5.75. The molecule has 16 heavy (non-hydrogen) atoms. The van der Waals surface area contributed by atoms with Crippen molar-refractivity contribution in [1.29, 1.82) is 0 Å². The summed E-state index contributed by atoms with van der Waals surface area (Å²) in [7, 11) is 0. The fourth-order valence-electron chi connectivity index (χ4n) is 2.01. The van der Waals surface area contributed by atoms with Gasteiger partial charge in [0.25, 0.3) is 0 Å². The zero-order chi connectivity index (χ0) is 11.0. The van der Waals surface area contributed by atoms with Gasteiger partial charge in [-0.2, -0.15) is 0 Å². The third-order valence-corrected chi connectivity index (χ3v) is 3.62. The molecule has 1 aromatic carbocycles. The van der Waals surface area contributed by atoms with Gasteiger partial charge in [-0.05, 0) is 12.1 Å². The van der Waals surface area contributed by atoms with Gasteiger partial charge in [0.15, 0.2) is 5.13 Å². The summed E-state index contributed by atoms with van der Waals surface area (Å²) in [5.41, 5.74) is 7.95. The lowest BCUT2D eigenvalue weighted by atomic mass is 10.2. The second kappa shape index (κ2) is 3.92. The molecular formula is C11H13N3OS. The molecule has 2 aromatic rings. The minimum absolute atomic E-state index is 0.635. The summed E-state index contributed by atoms with van der Waals surface area (Å²) in [4.78, 5) is 6.71. The van der Waals surface area contributed by atoms with Gasteiger partial charge in [0.05, 0.1) is 23.6 Å². The topological polar surface area (TPSA) is 51.4 Å². The second-order valence-corrected chi connectivity index (χ2v) is 4.84. The van der Waals surface area contributed by atoms with E-state index in [2.05, 4.69) is 28.1 Å². The van der Waals surface area contributed by atoms with Gasteiger partial charge < -0.3 is 15.4 Å². The van der Waals surface area contributed by atoms with Crippen LogP contribution in [0.15, 0.2) is 18.2 Å². The van der Waals surface area contributed by atoms with Crippen LogP contribution in [0.5, 0.6) is 0 Å². The number of hydrogen-bond acceptors (Lipinski definition) is 5. The Morgan fingerprint density at radius 3 is 2.94 bits per heavy atom. The fraction of sp³-hybridized carbons (Fsp3) is 0.364. The molecule has 1 aliphatic heterocycles. The molecule has 1 fully saturated rings. The molecule has 4 nitrogen and oxygen atoms in total. The van der Waals surface area contributed by atoms with E-state index < -0.39 is 0 Å². The Bertz CT molecular complexity index is 505. The zero-order valence-corrected chi connectivity index (χ0v) is 9.67. The highest BCUT2D eigenvalue weighted by Crippen LogP contribution is 2.31. The van der Waals surface area contributed by atoms with Gasteiger partial charge >= 0.3 is 0 Å². The first-order valence-electron chi connectivity index (χ1n) is 5.32. The number of nitrogen functional groups attached to an aromatic ring is 1. The average molecular weight is 235 g/mol. The number of fused-ring (bicyclic) bond motifs is 1. The van der Waals surface area contributed by atoms with E-state index >= 15 is 0 Å². The quantitative estimate of drug-likeness (QED) is 0.817. The number of anilines is 2. The van der Waals surface area contributed by atoms with E-state index in [0.29, 0.717) is 5.13 Å². The van der Waals surface area contributed by atoms with Gasteiger partial charge in [-0.15, -0.1) is 0 Å². The molecule has 5 heteroatoms. The van der Waals surface area contributed by atoms with Crippen LogP contribution in [-0.2, 0) is 4.74 Å². The summed E-state index contributed by atoms with van der Waals surface area (Å²) in [5, 5.41) is 0.635. The fourth-order valence-corrected chi connectivity index (χ4v) is 2.77. The molecule has 2 heterocycles. The van der Waals surface area contributed by atoms with Crippen LogP contribution in [-0.4, -0.2) is 31.3 Å². The van der Waals surface area contributed by atoms with Gasteiger partial charge in [-0.25, -0.2) is 4.98 Å². The van der Waals surface area contributed by atoms with Crippen molar-refractivity contribution in [3.63, 3.8) is 0 Å². The van der Waals surface area contributed by atoms with Gasteiger partial charge in [0, 0.05) is 13.1 Å². The van der Waals surface area contributed by atoms with Crippen LogP contribution in [0.25, 0.3) is 10.2 Å². The van der Waals surface area contributed by atoms with Crippen molar-refractivity contribution in [1.82, 2.24) is 4.98 Å². The second-order valence-electron chi connectivity index (χ2n) is 3.78. The average Bonchev–Trinajstić information content (AvgIpc) is 2.70. The number of morpholine rings is 1. The number of hydrogen-bond donors (Lipinski definition) is 1. The Morgan fingerprint density at radius 1 is 1.31 bits per heavy atom. The zero-order valence-electron chi connectivity index (χ0n) is 8.85. The van der Waals surface area contributed by atoms with Crippen molar-refractivity contribution < 1.29 is 4.74 Å². The Morgan fingerprint density at radius 2 is 2.12 bits per heavy atom. The molecule has 0 atom stereocenters. The molecule has 0 radical (unpaired) electrons. The van der Waals surface area contributed by atoms with E-state index in [1.807, 2.05) is 0 Å². The van der Waals surface area contributed by atoms with Gasteiger partial charge in [0.1, 0.15) is 5.52 Å². The molecule has 0 saturated carbocycles. The van der Waals surface area contributed by atoms with Crippen LogP contribution in [0.3, 0.4) is 0 Å². The number of nitrogens with zero attached hydrogens (tertiary/aromatic N) is 2. The molecule has 84 valence electrons. The first kappa shape index (κ1) is 9.86. The summed E-state index contributed by atoms with van der Waals surface area (Å²) in [5.74, 6) is 0. The molecule has 0 aliphatic carbocycles. The molecule has 3 rings (SSSR count). The molecular weight excluding hydrogens is 222 g/mol. The van der Waals surface area contributed by atoms with Crippen molar-refractivity contribution in [2.45, 2.75) is 0 Å². The van der Waals surface area contributed by atoms with Crippen LogP contribution >= 0.6 is 11.3 Å². The third kappa shape index (κ3) is 1.62. The minimum Gasteiger partial charge on any atom is -0.378 e. The van der Waals surface area contributed by atoms with Gasteiger partial charge in [0.2, 0.25) is 0 Å². The van der Waals surface area contributed by atoms with Crippen LogP contribution in [0.2, 0.25) is 0 Å². The van der Waals surface area contributed by atoms with E-state index in [-0.39, 0.29) is 0 Å². The lowest BCUT2D eigenvalue weighted by molar-refractivity contribution is 0.123. The van der Waals surface area contributed by atoms with Crippen LogP contribution in [0.1, 0.15) is 0 Å². The summed E-state index contributed by atoms with van der Waals surface area (Å²) in [6, 6.07) is 6.23. The van der Waals surface area contributed by atoms with Crippen molar-refractivity contribution in [3.8, 4) is 0 Å². The van der Waals surface area contributed by atoms with Gasteiger partial charge in [-0.3, -0.25) is 0 Å². The maximum Gasteiger partial charge on any atom is 0.181 e. The Kier molecular flexibility index (Phi) is 2.41. The van der Waals surface area contributed by atoms with Crippen molar-refractivity contribution >= 4 is 32.4 Å². The standard InChI is InChI=1S/C11H13N3OS/c12-11-13-10-8(2-1-3-9(10)16-11)14-4-6-15-7-5-14/h1-3H,4-7H2,(H2,12,13). The van der Waals surface area contributed by atoms with Crippen LogP contribution in [0, 0.1) is 0 Å². The highest BCUT2D eigenvalue weighted by Gasteiger charge is 2.15. The molecule has 0 spiro atoms. The van der Waals surface area contributed by atoms with Crippen molar-refractivity contribution in [3.05, 3.63) is 18.2 Å². The van der Waals surface area contributed by atoms with E-state index in [1.165, 1.54) is 17.0 Å². The first-order valence-corrected chi connectivity index (χ1v) is 6.14. The summed E-state index contributed by atoms with van der Waals surface area (Å²) in [6.45, 7) is 3.43. The highest BCUT2D eigenvalue weighted by molar-refractivity contribution is 7.22. The van der Waals surface area contributed by atoms with Crippen molar-refractivity contribution in [2.75, 3.05) is 36.9 Å². The number of para-hydroxylation sites is 1. The normalized spacial score (nSPS) is 16.9. The lowest BCUT2D eigenvalue weighted by Crippen LogP contribution is -2.36. The predicted molar refractivity (Wildman–Crippen MR) is 67.1 cm³/mol. The molecule has 2 N–H and O–H groups in total. The highest BCUT2D eigenvalue weighted by atomic mass is 32.1. The summed E-state index contributed by atoms with van der Waals surface area (Å²) >= 11 is 1.54. The first-order chi connectivity index (χ1) is 7.84. The molecule has 0 amide bonds. The monoisotopic (exact) mass is 235 g/mol. The van der Waals surface area contributed by atoms with E-state index in [0.717, 1.165) is 36.5 Å². The minimum atomic E-state index is 0.635. The molecule has 1 aromatic heterocycles. The Balaban J connectivity index is 2.07. The Hall–Kier alpha value is -1.33. The number of benzene rings is 1. The van der Waals surface area contributed by atoms with Gasteiger partial charge in [-0.1, -0.05) is 17.4 Å². The van der Waals surface area contributed by atoms with Crippen LogP contribution in [0.4, 0.5) is 10.8 Å². The predicted octanol–water partition coefficient (Wildman–Crippen LogP) is 1.72. The maximum atomic E-state index is 5.75. The molecule has 1 aliphatic rings. The SMILES string of the molecule is Nc1nc2c(N3CCOCC3)cccc2s1. The van der Waals surface area contributed by atoms with Crippen molar-refractivity contribution in [2.24, 2.45) is 0 Å². The number of aromatic nitrogens is 1. The smallest absolute Gasteiger partial charge is 0.181 e. The Labute approximate surface area is 97.6 Å². The largest absolute Gasteiger partial charge is 0.378 e. The number of ether oxygens (including phenoxy) is 1. The van der Waals surface area contributed by atoms with E-state index in [1.54, 1.807) is 0 Å². The lowest BCUT2D eigenvalue weighted by Gasteiger charge is -2.28. The number of nitrogens with two attached hydrogens (primary N) is 1. The van der Waals surface area contributed by atoms with Crippen LogP contribution < -0.4 is 10.6 Å². The summed E-state index contributed by atoms with van der Waals surface area (Å²) in [6.07, 6.45) is 0. The molecule has 1 saturated heterocycles. The molecule has 0 bridgehead atoms. The molecule has 0 unspecified atom stereocenters. The van der Waals surface area contributed by atoms with E-state index in [9.17, 15) is 0 Å². The number of thiazole rings is 1. The van der Waals surface area contributed by atoms with E-state index in [4.69, 9.17) is 10.5 Å². The third-order valence-electron chi connectivity index (χ3n) is 2.77.